The molecule has 4 rings (SSSR count). The fourth-order valence-corrected chi connectivity index (χ4v) is 3.29. The highest BCUT2D eigenvalue weighted by Gasteiger charge is 2.15. The number of hydrogen-bond acceptors (Lipinski definition) is 8. The normalized spacial score (nSPS) is 15.2. The van der Waals surface area contributed by atoms with Crippen LogP contribution in [0.3, 0.4) is 0 Å². The number of ether oxygens (including phenoxy) is 2. The average molecular weight is 374 g/mol. The molecule has 1 fully saturated rings. The van der Waals surface area contributed by atoms with Crippen LogP contribution in [0.1, 0.15) is 25.7 Å². The molecular weight excluding hydrogens is 356 g/mol. The van der Waals surface area contributed by atoms with Gasteiger partial charge in [0.1, 0.15) is 0 Å². The maximum Gasteiger partial charge on any atom is 0.240 e. The van der Waals surface area contributed by atoms with Crippen molar-refractivity contribution < 1.29 is 14.3 Å². The van der Waals surface area contributed by atoms with Crippen molar-refractivity contribution in [3.05, 3.63) is 18.2 Å². The lowest BCUT2D eigenvalue weighted by atomic mass is 10.3. The van der Waals surface area contributed by atoms with Crippen molar-refractivity contribution in [1.29, 1.82) is 0 Å². The molecule has 0 bridgehead atoms. The van der Waals surface area contributed by atoms with Gasteiger partial charge >= 0.3 is 0 Å². The summed E-state index contributed by atoms with van der Waals surface area (Å²) in [6.07, 6.45) is 4.44. The van der Waals surface area contributed by atoms with Crippen molar-refractivity contribution >= 4 is 35.0 Å². The van der Waals surface area contributed by atoms with E-state index in [0.29, 0.717) is 28.3 Å². The topological polar surface area (TPSA) is 114 Å². The number of hydrogen-bond donors (Lipinski definition) is 3. The summed E-state index contributed by atoms with van der Waals surface area (Å²) in [4.78, 5) is 16.3. The summed E-state index contributed by atoms with van der Waals surface area (Å²) in [5.74, 6) is 1.83. The minimum absolute atomic E-state index is 0.153. The van der Waals surface area contributed by atoms with E-state index in [9.17, 15) is 4.79 Å². The smallest absolute Gasteiger partial charge is 0.240 e. The molecule has 1 aliphatic heterocycles. The molecule has 2 heterocycles. The molecule has 0 radical (unpaired) electrons. The first kappa shape index (κ1) is 16.7. The van der Waals surface area contributed by atoms with Gasteiger partial charge in [0.2, 0.25) is 23.8 Å². The Morgan fingerprint density at radius 3 is 3.00 bits per heavy atom. The molecule has 0 saturated heterocycles. The van der Waals surface area contributed by atoms with Crippen LogP contribution in [0.5, 0.6) is 11.5 Å². The van der Waals surface area contributed by atoms with E-state index in [1.54, 1.807) is 18.2 Å². The van der Waals surface area contributed by atoms with E-state index in [0.717, 1.165) is 18.6 Å². The molecule has 136 valence electrons. The number of aromatic nitrogens is 3. The predicted molar refractivity (Wildman–Crippen MR) is 97.8 cm³/mol. The molecule has 1 aromatic heterocycles. The van der Waals surface area contributed by atoms with Gasteiger partial charge in [-0.3, -0.25) is 4.79 Å². The number of amides is 1. The van der Waals surface area contributed by atoms with E-state index in [1.165, 1.54) is 24.6 Å². The highest BCUT2D eigenvalue weighted by molar-refractivity contribution is 7.99. The zero-order valence-corrected chi connectivity index (χ0v) is 14.8. The molecule has 1 aromatic carbocycles. The monoisotopic (exact) mass is 374 g/mol. The van der Waals surface area contributed by atoms with E-state index < -0.39 is 0 Å². The average Bonchev–Trinajstić information content (AvgIpc) is 3.38. The van der Waals surface area contributed by atoms with Gasteiger partial charge < -0.3 is 14.8 Å². The second-order valence-corrected chi connectivity index (χ2v) is 6.81. The van der Waals surface area contributed by atoms with Crippen molar-refractivity contribution in [1.82, 2.24) is 15.2 Å². The summed E-state index contributed by atoms with van der Waals surface area (Å²) in [6, 6.07) is 5.28. The Bertz CT molecular complexity index is 829. The number of benzene rings is 1. The van der Waals surface area contributed by atoms with Gasteiger partial charge in [-0.15, -0.1) is 5.10 Å². The summed E-state index contributed by atoms with van der Waals surface area (Å²) < 4.78 is 10.5. The number of carbonyl (C=O) groups excluding carboxylic acids is 1. The Morgan fingerprint density at radius 1 is 1.27 bits per heavy atom. The third kappa shape index (κ3) is 4.07. The van der Waals surface area contributed by atoms with Crippen LogP contribution in [0.25, 0.3) is 0 Å². The minimum Gasteiger partial charge on any atom is -0.454 e. The number of aromatic amines is 1. The number of fused-ring (bicyclic) bond motifs is 1. The fraction of sp³-hybridized carbons (Fsp3) is 0.375. The standard InChI is InChI=1S/C16H18N6O3S/c23-14(17-11-5-6-12-13(7-11)25-9-24-12)8-26-16-18-15(21-22-16)20-19-10-3-1-2-4-10/h5-7H,1-4,8-9H2,(H,17,23)(H2,18,20,21,22). The first-order chi connectivity index (χ1) is 12.8. The van der Waals surface area contributed by atoms with E-state index in [4.69, 9.17) is 9.47 Å². The Kier molecular flexibility index (Phi) is 4.91. The molecule has 0 unspecified atom stereocenters. The molecule has 3 N–H and O–H groups in total. The summed E-state index contributed by atoms with van der Waals surface area (Å²) in [6.45, 7) is 0.204. The molecule has 1 saturated carbocycles. The molecule has 10 heteroatoms. The number of carbonyl (C=O) groups is 1. The number of hydrazone groups is 1. The van der Waals surface area contributed by atoms with Gasteiger partial charge in [0.25, 0.3) is 0 Å². The lowest BCUT2D eigenvalue weighted by Gasteiger charge is -2.05. The second-order valence-electron chi connectivity index (χ2n) is 5.87. The maximum atomic E-state index is 12.1. The van der Waals surface area contributed by atoms with Crippen molar-refractivity contribution in [2.24, 2.45) is 5.10 Å². The largest absolute Gasteiger partial charge is 0.454 e. The molecule has 0 atom stereocenters. The summed E-state index contributed by atoms with van der Waals surface area (Å²) >= 11 is 1.24. The molecule has 26 heavy (non-hydrogen) atoms. The Labute approximate surface area is 153 Å². The van der Waals surface area contributed by atoms with Gasteiger partial charge in [0.05, 0.1) is 5.75 Å². The lowest BCUT2D eigenvalue weighted by Crippen LogP contribution is -2.14. The van der Waals surface area contributed by atoms with Crippen LogP contribution in [0.2, 0.25) is 0 Å². The predicted octanol–water partition coefficient (Wildman–Crippen LogP) is 2.61. The number of anilines is 2. The van der Waals surface area contributed by atoms with Crippen LogP contribution in [0.15, 0.2) is 28.5 Å². The van der Waals surface area contributed by atoms with Crippen LogP contribution >= 0.6 is 11.8 Å². The van der Waals surface area contributed by atoms with Gasteiger partial charge in [0.15, 0.2) is 11.5 Å². The number of nitrogens with one attached hydrogen (secondary N) is 3. The van der Waals surface area contributed by atoms with Gasteiger partial charge in [0, 0.05) is 17.5 Å². The zero-order chi connectivity index (χ0) is 17.8. The fourth-order valence-electron chi connectivity index (χ4n) is 2.69. The zero-order valence-electron chi connectivity index (χ0n) is 13.9. The quantitative estimate of drug-likeness (QED) is 0.526. The van der Waals surface area contributed by atoms with Crippen molar-refractivity contribution in [2.75, 3.05) is 23.3 Å². The summed E-state index contributed by atoms with van der Waals surface area (Å²) in [5.41, 5.74) is 4.69. The van der Waals surface area contributed by atoms with E-state index in [-0.39, 0.29) is 18.5 Å². The van der Waals surface area contributed by atoms with Gasteiger partial charge in [-0.1, -0.05) is 11.8 Å². The van der Waals surface area contributed by atoms with Crippen molar-refractivity contribution in [3.63, 3.8) is 0 Å². The number of thioether (sulfide) groups is 1. The highest BCUT2D eigenvalue weighted by atomic mass is 32.2. The van der Waals surface area contributed by atoms with Gasteiger partial charge in [-0.2, -0.15) is 10.1 Å². The summed E-state index contributed by atoms with van der Waals surface area (Å²) in [5, 5.41) is 14.4. The number of H-pyrrole nitrogens is 1. The van der Waals surface area contributed by atoms with Gasteiger partial charge in [-0.05, 0) is 37.8 Å². The van der Waals surface area contributed by atoms with E-state index >= 15 is 0 Å². The molecule has 0 spiro atoms. The van der Waals surface area contributed by atoms with Crippen molar-refractivity contribution in [2.45, 2.75) is 30.8 Å². The first-order valence-electron chi connectivity index (χ1n) is 8.32. The van der Waals surface area contributed by atoms with Crippen molar-refractivity contribution in [3.8, 4) is 11.5 Å². The minimum atomic E-state index is -0.153. The van der Waals surface area contributed by atoms with Crippen LogP contribution in [0.4, 0.5) is 11.6 Å². The maximum absolute atomic E-state index is 12.1. The van der Waals surface area contributed by atoms with Crippen LogP contribution in [0, 0.1) is 0 Å². The first-order valence-corrected chi connectivity index (χ1v) is 9.31. The Morgan fingerprint density at radius 2 is 2.12 bits per heavy atom. The number of rotatable bonds is 6. The molecular formula is C16H18N6O3S. The lowest BCUT2D eigenvalue weighted by molar-refractivity contribution is -0.113. The molecule has 1 aliphatic carbocycles. The summed E-state index contributed by atoms with van der Waals surface area (Å²) in [7, 11) is 0. The third-order valence-corrected chi connectivity index (χ3v) is 4.80. The van der Waals surface area contributed by atoms with Gasteiger partial charge in [-0.25, -0.2) is 10.5 Å². The highest BCUT2D eigenvalue weighted by Crippen LogP contribution is 2.34. The van der Waals surface area contributed by atoms with Crippen LogP contribution in [-0.4, -0.2) is 39.3 Å². The second kappa shape index (κ2) is 7.65. The van der Waals surface area contributed by atoms with E-state index in [2.05, 4.69) is 31.0 Å². The molecule has 9 nitrogen and oxygen atoms in total. The van der Waals surface area contributed by atoms with Crippen LogP contribution < -0.4 is 20.2 Å². The Hall–Kier alpha value is -2.75. The molecule has 2 aliphatic rings. The SMILES string of the molecule is O=C(CSc1n[nH]c(NN=C2CCCC2)n1)Nc1ccc2c(c1)OCO2. The third-order valence-electron chi connectivity index (χ3n) is 3.95. The molecule has 2 aromatic rings. The molecule has 1 amide bonds. The van der Waals surface area contributed by atoms with Crippen LogP contribution in [-0.2, 0) is 4.79 Å². The number of nitrogens with zero attached hydrogens (tertiary/aromatic N) is 3. The van der Waals surface area contributed by atoms with E-state index in [1.807, 2.05) is 0 Å². The Balaban J connectivity index is 1.26.